The van der Waals surface area contributed by atoms with E-state index in [-0.39, 0.29) is 5.41 Å². The van der Waals surface area contributed by atoms with Crippen molar-refractivity contribution in [1.29, 1.82) is 0 Å². The van der Waals surface area contributed by atoms with Gasteiger partial charge in [-0.15, -0.1) is 10.2 Å². The number of benzene rings is 2. The van der Waals surface area contributed by atoms with E-state index in [9.17, 15) is 0 Å². The van der Waals surface area contributed by atoms with E-state index in [1.807, 2.05) is 48.5 Å². The maximum atomic E-state index is 6.20. The first-order valence-corrected chi connectivity index (χ1v) is 10.1. The van der Waals surface area contributed by atoms with Crippen LogP contribution >= 0.6 is 15.9 Å². The summed E-state index contributed by atoms with van der Waals surface area (Å²) < 4.78 is 12.9. The number of hydrogen-bond acceptors (Lipinski definition) is 5. The molecule has 0 spiro atoms. The summed E-state index contributed by atoms with van der Waals surface area (Å²) in [6, 6.07) is 20.3. The average Bonchev–Trinajstić information content (AvgIpc) is 3.25. The first-order chi connectivity index (χ1) is 13.7. The lowest BCUT2D eigenvalue weighted by Gasteiger charge is -2.34. The van der Waals surface area contributed by atoms with Crippen LogP contribution in [0, 0.1) is 0 Å². The van der Waals surface area contributed by atoms with Gasteiger partial charge in [0, 0.05) is 23.1 Å². The van der Waals surface area contributed by atoms with Crippen molar-refractivity contribution in [2.45, 2.75) is 18.3 Å². The number of rotatable bonds is 3. The van der Waals surface area contributed by atoms with Gasteiger partial charge >= 0.3 is 0 Å². The van der Waals surface area contributed by atoms with Gasteiger partial charge in [0.2, 0.25) is 5.89 Å². The van der Waals surface area contributed by atoms with Crippen LogP contribution in [0.5, 0.6) is 0 Å². The minimum absolute atomic E-state index is 0.343. The molecule has 0 amide bonds. The number of fused-ring (bicyclic) bond motifs is 1. The highest BCUT2D eigenvalue weighted by Gasteiger charge is 2.41. The molecule has 3 heterocycles. The Labute approximate surface area is 170 Å². The molecule has 0 radical (unpaired) electrons. The van der Waals surface area contributed by atoms with Gasteiger partial charge in [-0.1, -0.05) is 52.3 Å². The van der Waals surface area contributed by atoms with Gasteiger partial charge in [-0.05, 0) is 42.7 Å². The van der Waals surface area contributed by atoms with Gasteiger partial charge in [-0.25, -0.2) is 4.98 Å². The maximum absolute atomic E-state index is 6.20. The molecule has 0 aliphatic carbocycles. The van der Waals surface area contributed by atoms with Crippen LogP contribution in [0.1, 0.15) is 24.3 Å². The first kappa shape index (κ1) is 17.5. The molecule has 5 nitrogen and oxygen atoms in total. The second-order valence-electron chi connectivity index (χ2n) is 7.01. The smallest absolute Gasteiger partial charge is 0.266 e. The molecule has 4 aromatic rings. The summed E-state index contributed by atoms with van der Waals surface area (Å²) in [5.74, 6) is 1.07. The molecule has 0 saturated carbocycles. The predicted octanol–water partition coefficient (Wildman–Crippen LogP) is 5.14. The van der Waals surface area contributed by atoms with Crippen molar-refractivity contribution in [2.75, 3.05) is 13.2 Å². The minimum atomic E-state index is -0.343. The first-order valence-electron chi connectivity index (χ1n) is 9.29. The Morgan fingerprint density at radius 3 is 2.61 bits per heavy atom. The van der Waals surface area contributed by atoms with Crippen molar-refractivity contribution in [3.8, 4) is 11.6 Å². The number of hydrogen-bond donors (Lipinski definition) is 0. The zero-order valence-electron chi connectivity index (χ0n) is 15.1. The van der Waals surface area contributed by atoms with Crippen molar-refractivity contribution in [3.63, 3.8) is 0 Å². The monoisotopic (exact) mass is 435 g/mol. The molecule has 140 valence electrons. The Bertz CT molecular complexity index is 1140. The summed E-state index contributed by atoms with van der Waals surface area (Å²) in [5, 5.41) is 9.86. The molecule has 1 saturated heterocycles. The SMILES string of the molecule is Brc1cccc(C2(c3nnc(-c4ccc5ccccc5n4)o3)CCOCC2)c1. The highest BCUT2D eigenvalue weighted by Crippen LogP contribution is 2.42. The van der Waals surface area contributed by atoms with Crippen molar-refractivity contribution >= 4 is 26.8 Å². The van der Waals surface area contributed by atoms with Crippen molar-refractivity contribution in [3.05, 3.63) is 76.6 Å². The summed E-state index contributed by atoms with van der Waals surface area (Å²) >= 11 is 3.58. The summed E-state index contributed by atoms with van der Waals surface area (Å²) in [7, 11) is 0. The van der Waals surface area contributed by atoms with E-state index < -0.39 is 0 Å². The van der Waals surface area contributed by atoms with Gasteiger partial charge < -0.3 is 9.15 Å². The van der Waals surface area contributed by atoms with E-state index in [0.717, 1.165) is 33.8 Å². The van der Waals surface area contributed by atoms with Crippen LogP contribution in [0.25, 0.3) is 22.5 Å². The van der Waals surface area contributed by atoms with E-state index in [4.69, 9.17) is 9.15 Å². The maximum Gasteiger partial charge on any atom is 0.266 e. The summed E-state index contributed by atoms with van der Waals surface area (Å²) in [6.45, 7) is 1.33. The third kappa shape index (κ3) is 3.02. The van der Waals surface area contributed by atoms with Gasteiger partial charge in [0.15, 0.2) is 0 Å². The Kier molecular flexibility index (Phi) is 4.45. The highest BCUT2D eigenvalue weighted by atomic mass is 79.9. The van der Waals surface area contributed by atoms with Crippen molar-refractivity contribution in [1.82, 2.24) is 15.2 Å². The number of pyridine rings is 1. The predicted molar refractivity (Wildman–Crippen MR) is 110 cm³/mol. The molecular weight excluding hydrogens is 418 g/mol. The van der Waals surface area contributed by atoms with Crippen LogP contribution in [0.2, 0.25) is 0 Å². The summed E-state index contributed by atoms with van der Waals surface area (Å²) in [6.07, 6.45) is 1.60. The van der Waals surface area contributed by atoms with Crippen LogP contribution in [-0.2, 0) is 10.2 Å². The largest absolute Gasteiger partial charge is 0.418 e. The lowest BCUT2D eigenvalue weighted by molar-refractivity contribution is 0.0546. The lowest BCUT2D eigenvalue weighted by atomic mass is 9.74. The fourth-order valence-corrected chi connectivity index (χ4v) is 4.24. The molecule has 0 N–H and O–H groups in total. The van der Waals surface area contributed by atoms with Crippen molar-refractivity contribution in [2.24, 2.45) is 0 Å². The van der Waals surface area contributed by atoms with E-state index in [1.165, 1.54) is 0 Å². The van der Waals surface area contributed by atoms with Crippen molar-refractivity contribution < 1.29 is 9.15 Å². The van der Waals surface area contributed by atoms with E-state index in [2.05, 4.69) is 43.2 Å². The van der Waals surface area contributed by atoms with Crippen LogP contribution in [0.15, 0.2) is 69.6 Å². The third-order valence-corrected chi connectivity index (χ3v) is 5.87. The Hall–Kier alpha value is -2.57. The van der Waals surface area contributed by atoms with E-state index in [0.29, 0.717) is 30.7 Å². The lowest BCUT2D eigenvalue weighted by Crippen LogP contribution is -2.35. The molecule has 5 rings (SSSR count). The average molecular weight is 436 g/mol. The second kappa shape index (κ2) is 7.11. The van der Waals surface area contributed by atoms with Crippen LogP contribution in [0.4, 0.5) is 0 Å². The molecular formula is C22H18BrN3O2. The normalized spacial score (nSPS) is 16.3. The minimum Gasteiger partial charge on any atom is -0.418 e. The zero-order valence-corrected chi connectivity index (χ0v) is 16.7. The van der Waals surface area contributed by atoms with E-state index >= 15 is 0 Å². The Morgan fingerprint density at radius 1 is 0.893 bits per heavy atom. The number of ether oxygens (including phenoxy) is 1. The molecule has 2 aromatic carbocycles. The fraction of sp³-hybridized carbons (Fsp3) is 0.227. The quantitative estimate of drug-likeness (QED) is 0.445. The summed E-state index contributed by atoms with van der Waals surface area (Å²) in [4.78, 5) is 4.69. The number of nitrogens with zero attached hydrogens (tertiary/aromatic N) is 3. The van der Waals surface area contributed by atoms with Gasteiger partial charge in [0.1, 0.15) is 5.69 Å². The van der Waals surface area contributed by atoms with Gasteiger partial charge in [-0.2, -0.15) is 0 Å². The van der Waals surface area contributed by atoms with Gasteiger partial charge in [0.25, 0.3) is 5.89 Å². The molecule has 2 aromatic heterocycles. The second-order valence-corrected chi connectivity index (χ2v) is 7.92. The zero-order chi connectivity index (χ0) is 19.0. The molecule has 1 aliphatic heterocycles. The number of halogens is 1. The molecule has 6 heteroatoms. The molecule has 28 heavy (non-hydrogen) atoms. The standard InChI is InChI=1S/C22H18BrN3O2/c23-17-6-3-5-16(14-17)22(10-12-27-13-11-22)21-26-25-20(28-21)19-9-8-15-4-1-2-7-18(15)24-19/h1-9,14H,10-13H2. The molecule has 0 bridgehead atoms. The molecule has 0 atom stereocenters. The van der Waals surface area contributed by atoms with E-state index in [1.54, 1.807) is 0 Å². The number of aromatic nitrogens is 3. The molecule has 1 aliphatic rings. The topological polar surface area (TPSA) is 61.0 Å². The highest BCUT2D eigenvalue weighted by molar-refractivity contribution is 9.10. The third-order valence-electron chi connectivity index (χ3n) is 5.38. The van der Waals surface area contributed by atoms with Gasteiger partial charge in [-0.3, -0.25) is 0 Å². The molecule has 0 unspecified atom stereocenters. The number of para-hydroxylation sites is 1. The fourth-order valence-electron chi connectivity index (χ4n) is 3.84. The van der Waals surface area contributed by atoms with Gasteiger partial charge in [0.05, 0.1) is 10.9 Å². The Morgan fingerprint density at radius 2 is 1.75 bits per heavy atom. The van der Waals surface area contributed by atoms with Crippen LogP contribution < -0.4 is 0 Å². The Balaban J connectivity index is 1.58. The molecule has 1 fully saturated rings. The van der Waals surface area contributed by atoms with Crippen LogP contribution in [-0.4, -0.2) is 28.4 Å². The van der Waals surface area contributed by atoms with Crippen LogP contribution in [0.3, 0.4) is 0 Å². The summed E-state index contributed by atoms with van der Waals surface area (Å²) in [5.41, 5.74) is 2.41.